The Balaban J connectivity index is 1.43. The van der Waals surface area contributed by atoms with Crippen molar-refractivity contribution in [3.05, 3.63) is 68.1 Å². The number of allylic oxidation sites excluding steroid dienone is 4. The topological polar surface area (TPSA) is 47.7 Å². The molecule has 0 aromatic carbocycles. The van der Waals surface area contributed by atoms with Gasteiger partial charge in [-0.25, -0.2) is 0 Å². The van der Waals surface area contributed by atoms with E-state index >= 15 is 0 Å². The monoisotopic (exact) mass is 830 g/mol. The molecule has 0 amide bonds. The van der Waals surface area contributed by atoms with Gasteiger partial charge in [0.25, 0.3) is 0 Å². The van der Waals surface area contributed by atoms with Crippen LogP contribution in [0.5, 0.6) is 0 Å². The van der Waals surface area contributed by atoms with Crippen molar-refractivity contribution in [1.29, 1.82) is 10.8 Å². The molecule has 278 valence electrons. The Hall–Kier alpha value is -1.84. The molecule has 4 aromatic heterocycles. The van der Waals surface area contributed by atoms with Crippen LogP contribution < -0.4 is 8.79 Å². The molecule has 2 nitrogen and oxygen atoms in total. The van der Waals surface area contributed by atoms with Gasteiger partial charge in [-0.05, 0) is 11.5 Å². The van der Waals surface area contributed by atoms with E-state index in [4.69, 9.17) is 10.8 Å². The zero-order valence-electron chi connectivity index (χ0n) is 33.3. The second-order valence-electron chi connectivity index (χ2n) is 17.3. The fourth-order valence-electron chi connectivity index (χ4n) is 8.41. The zero-order chi connectivity index (χ0) is 37.6. The Morgan fingerprint density at radius 1 is 0.596 bits per heavy atom. The summed E-state index contributed by atoms with van der Waals surface area (Å²) in [4.78, 5) is 11.0. The number of unbranched alkanes of at least 4 members (excludes halogenated alkanes) is 2. The standard InChI is InChI=1S/C45H60GeN2S4/c1-11-15-17-28(13-3)27-46(29(14-4)18-16-12-2)32-25-37(51-42(32)43-33(46)26-39(52-43)45(8,9)10)36-22-21-34(49-36)30-19-20-31(41(48)40(30)47)35-23-24-38(50-35)44(5,6)7/h19-26,28-29,47-48H,11-18,27H2,1-10H3. The molecule has 2 N–H and O–H groups in total. The van der Waals surface area contributed by atoms with Crippen molar-refractivity contribution in [3.63, 3.8) is 0 Å². The van der Waals surface area contributed by atoms with Gasteiger partial charge in [0.15, 0.2) is 0 Å². The van der Waals surface area contributed by atoms with E-state index in [2.05, 4.69) is 140 Å². The van der Waals surface area contributed by atoms with E-state index in [0.29, 0.717) is 11.4 Å². The molecule has 3 atom stereocenters. The number of nitrogens with one attached hydrogen (secondary N) is 2. The summed E-state index contributed by atoms with van der Waals surface area (Å²) in [6.45, 7) is 23.6. The van der Waals surface area contributed by atoms with Gasteiger partial charge in [-0.3, -0.25) is 0 Å². The number of fused-ring (bicyclic) bond motifs is 3. The molecule has 1 aliphatic heterocycles. The van der Waals surface area contributed by atoms with Crippen molar-refractivity contribution >= 4 is 90.0 Å². The normalized spacial score (nSPS) is 18.7. The number of rotatable bonds is 14. The van der Waals surface area contributed by atoms with Crippen LogP contribution in [-0.4, -0.2) is 24.7 Å². The Labute approximate surface area is 333 Å². The third-order valence-electron chi connectivity index (χ3n) is 11.6. The average molecular weight is 830 g/mol. The summed E-state index contributed by atoms with van der Waals surface area (Å²) < 4.78 is 4.43. The SMILES string of the molecule is CCCCC(CC)[CH2][Ge]1([CH](CC)CCCC)[c]2cc(-c3ccc(C4=CC=C(c5ccc(C(C)(C)C)s5)C(=N)C4=N)s3)sc2-c2sc(C(C)(C)C)c[c]21. The Kier molecular flexibility index (Phi) is 12.0. The molecule has 0 saturated heterocycles. The van der Waals surface area contributed by atoms with Gasteiger partial charge in [-0.2, -0.15) is 0 Å². The third-order valence-corrected chi connectivity index (χ3v) is 30.7. The number of hydrogen-bond acceptors (Lipinski definition) is 6. The molecule has 52 heavy (non-hydrogen) atoms. The molecule has 5 heterocycles. The molecule has 0 fully saturated rings. The van der Waals surface area contributed by atoms with Crippen molar-refractivity contribution in [3.8, 4) is 19.5 Å². The molecule has 0 radical (unpaired) electrons. The first-order chi connectivity index (χ1) is 24.7. The number of thiophene rings is 4. The maximum absolute atomic E-state index is 9.12. The van der Waals surface area contributed by atoms with E-state index in [1.165, 1.54) is 71.3 Å². The van der Waals surface area contributed by atoms with Crippen LogP contribution in [0.15, 0.2) is 48.6 Å². The minimum absolute atomic E-state index is 0.0763. The van der Waals surface area contributed by atoms with Crippen LogP contribution in [0, 0.1) is 16.7 Å². The van der Waals surface area contributed by atoms with Gasteiger partial charge in [0.05, 0.1) is 0 Å². The molecular formula is C45H60GeN2S4. The first-order valence-electron chi connectivity index (χ1n) is 19.8. The van der Waals surface area contributed by atoms with E-state index < -0.39 is 13.3 Å². The van der Waals surface area contributed by atoms with E-state index in [-0.39, 0.29) is 10.8 Å². The van der Waals surface area contributed by atoms with Gasteiger partial charge in [0, 0.05) is 4.88 Å². The van der Waals surface area contributed by atoms with Gasteiger partial charge in [0.1, 0.15) is 0 Å². The van der Waals surface area contributed by atoms with Crippen molar-refractivity contribution in [2.24, 2.45) is 5.92 Å². The quantitative estimate of drug-likeness (QED) is 0.0940. The van der Waals surface area contributed by atoms with Crippen LogP contribution in [0.3, 0.4) is 0 Å². The summed E-state index contributed by atoms with van der Waals surface area (Å²) in [5.74, 6) is 0.802. The first kappa shape index (κ1) is 39.8. The molecule has 4 aromatic rings. The second-order valence-corrected chi connectivity index (χ2v) is 30.5. The van der Waals surface area contributed by atoms with E-state index in [1.807, 2.05) is 15.7 Å². The molecular weight excluding hydrogens is 769 g/mol. The number of hydrogen-bond donors (Lipinski definition) is 2. The maximum atomic E-state index is 9.12. The molecule has 1 aliphatic carbocycles. The summed E-state index contributed by atoms with van der Waals surface area (Å²) in [5, 5.41) is 19.6. The Morgan fingerprint density at radius 2 is 1.15 bits per heavy atom. The summed E-state index contributed by atoms with van der Waals surface area (Å²) in [7, 11) is 0. The Morgan fingerprint density at radius 3 is 1.73 bits per heavy atom. The molecule has 3 unspecified atom stereocenters. The van der Waals surface area contributed by atoms with Crippen LogP contribution >= 0.6 is 45.3 Å². The summed E-state index contributed by atoms with van der Waals surface area (Å²) in [6, 6.07) is 14.2. The van der Waals surface area contributed by atoms with Crippen LogP contribution in [0.25, 0.3) is 30.7 Å². The molecule has 0 spiro atoms. The van der Waals surface area contributed by atoms with Gasteiger partial charge in [-0.15, -0.1) is 0 Å². The molecule has 6 rings (SSSR count). The van der Waals surface area contributed by atoms with E-state index in [1.54, 1.807) is 30.4 Å². The zero-order valence-corrected chi connectivity index (χ0v) is 38.6. The fourth-order valence-corrected chi connectivity index (χ4v) is 30.2. The van der Waals surface area contributed by atoms with Crippen molar-refractivity contribution in [2.75, 3.05) is 0 Å². The average Bonchev–Trinajstić information content (AvgIpc) is 3.92. The van der Waals surface area contributed by atoms with Gasteiger partial charge in [-0.1, -0.05) is 20.8 Å². The second kappa shape index (κ2) is 15.7. The van der Waals surface area contributed by atoms with Gasteiger partial charge >= 0.3 is 299 Å². The fraction of sp³-hybridized carbons (Fsp3) is 0.511. The third kappa shape index (κ3) is 7.42. The van der Waals surface area contributed by atoms with Crippen LogP contribution in [0.1, 0.15) is 140 Å². The van der Waals surface area contributed by atoms with E-state index in [9.17, 15) is 0 Å². The van der Waals surface area contributed by atoms with E-state index in [0.717, 1.165) is 31.6 Å². The predicted molar refractivity (Wildman–Crippen MR) is 241 cm³/mol. The molecule has 7 heteroatoms. The molecule has 2 aliphatic rings. The first-order valence-corrected chi connectivity index (χ1v) is 27.8. The molecule has 0 saturated carbocycles. The summed E-state index contributed by atoms with van der Waals surface area (Å²) in [6.07, 6.45) is 14.7. The summed E-state index contributed by atoms with van der Waals surface area (Å²) >= 11 is 4.88. The van der Waals surface area contributed by atoms with Crippen LogP contribution in [0.4, 0.5) is 0 Å². The van der Waals surface area contributed by atoms with Crippen molar-refractivity contribution < 1.29 is 0 Å². The van der Waals surface area contributed by atoms with Gasteiger partial charge in [0.2, 0.25) is 0 Å². The minimum atomic E-state index is -2.85. The van der Waals surface area contributed by atoms with Gasteiger partial charge < -0.3 is 0 Å². The predicted octanol–water partition coefficient (Wildman–Crippen LogP) is 14.4. The van der Waals surface area contributed by atoms with Crippen LogP contribution in [-0.2, 0) is 10.8 Å². The van der Waals surface area contributed by atoms with Crippen LogP contribution in [0.2, 0.25) is 10.0 Å². The Bertz CT molecular complexity index is 2000. The summed E-state index contributed by atoms with van der Waals surface area (Å²) in [5.41, 5.74) is 2.62. The van der Waals surface area contributed by atoms with Crippen molar-refractivity contribution in [1.82, 2.24) is 0 Å². The van der Waals surface area contributed by atoms with Crippen molar-refractivity contribution in [2.45, 2.75) is 141 Å². The molecule has 0 bridgehead atoms.